The first-order valence-electron chi connectivity index (χ1n) is 14.3. The van der Waals surface area contributed by atoms with Crippen LogP contribution in [-0.4, -0.2) is 61.9 Å². The molecule has 0 bridgehead atoms. The Hall–Kier alpha value is -4.02. The number of imide groups is 1. The number of Topliss-reactive ketones (excluding diaryl/α,β-unsaturated/α-hetero) is 1. The van der Waals surface area contributed by atoms with Gasteiger partial charge in [-0.25, -0.2) is 0 Å². The first kappa shape index (κ1) is 27.8. The zero-order valence-electron chi connectivity index (χ0n) is 23.4. The number of methoxy groups -OCH3 is 1. The van der Waals surface area contributed by atoms with Gasteiger partial charge in [-0.3, -0.25) is 24.1 Å². The van der Waals surface area contributed by atoms with Crippen LogP contribution in [0.3, 0.4) is 0 Å². The van der Waals surface area contributed by atoms with E-state index in [4.69, 9.17) is 9.47 Å². The van der Waals surface area contributed by atoms with Gasteiger partial charge >= 0.3 is 0 Å². The number of hydrogen-bond acceptors (Lipinski definition) is 8. The van der Waals surface area contributed by atoms with E-state index in [1.165, 1.54) is 30.2 Å². The number of rotatable bonds is 4. The number of ether oxygens (including phenoxy) is 2. The standard InChI is InChI=1S/C33H29BrN2O7/c1-42-27-14-19(37)6-7-21(27)28-20-8-9-22-29(23(20)15-24-30(28)26(38)16-25(34)31(24)39)33(41)36(32(22)40)18-4-2-17(3-5-18)35-10-12-43-13-11-35/h2-8,14,16,22-23,28-29,37H,9-13,15H2,1H3. The number of anilines is 2. The van der Waals surface area contributed by atoms with Crippen molar-refractivity contribution in [2.45, 2.75) is 18.8 Å². The minimum absolute atomic E-state index is 0.000357. The van der Waals surface area contributed by atoms with Crippen molar-refractivity contribution in [3.05, 3.63) is 81.4 Å². The summed E-state index contributed by atoms with van der Waals surface area (Å²) < 4.78 is 11.2. The lowest BCUT2D eigenvalue weighted by Gasteiger charge is -2.42. The van der Waals surface area contributed by atoms with Gasteiger partial charge in [0.1, 0.15) is 11.5 Å². The van der Waals surface area contributed by atoms with Crippen molar-refractivity contribution in [2.75, 3.05) is 43.2 Å². The second-order valence-corrected chi connectivity index (χ2v) is 12.3. The number of carbonyl (C=O) groups is 4. The number of phenols is 1. The third-order valence-corrected chi connectivity index (χ3v) is 9.93. The highest BCUT2D eigenvalue weighted by Crippen LogP contribution is 2.56. The number of phenolic OH excluding ortho intramolecular Hbond substituents is 1. The van der Waals surface area contributed by atoms with Crippen molar-refractivity contribution in [3.8, 4) is 11.5 Å². The number of halogens is 1. The quantitative estimate of drug-likeness (QED) is 0.299. The third-order valence-electron chi connectivity index (χ3n) is 9.34. The lowest BCUT2D eigenvalue weighted by atomic mass is 9.59. The van der Waals surface area contributed by atoms with Crippen molar-refractivity contribution in [1.29, 1.82) is 0 Å². The number of morpholine rings is 1. The van der Waals surface area contributed by atoms with Crippen molar-refractivity contribution in [1.82, 2.24) is 0 Å². The normalized spacial score (nSPS) is 27.0. The smallest absolute Gasteiger partial charge is 0.238 e. The number of aromatic hydroxyl groups is 1. The molecular formula is C33H29BrN2O7. The van der Waals surface area contributed by atoms with Gasteiger partial charge in [-0.1, -0.05) is 17.7 Å². The van der Waals surface area contributed by atoms with Crippen LogP contribution < -0.4 is 14.5 Å². The Labute approximate surface area is 256 Å². The molecule has 2 heterocycles. The molecule has 3 aliphatic carbocycles. The van der Waals surface area contributed by atoms with E-state index in [0.717, 1.165) is 24.4 Å². The van der Waals surface area contributed by atoms with E-state index in [0.29, 0.717) is 47.8 Å². The summed E-state index contributed by atoms with van der Waals surface area (Å²) in [5.74, 6) is -3.16. The van der Waals surface area contributed by atoms with Crippen LogP contribution in [0.5, 0.6) is 11.5 Å². The van der Waals surface area contributed by atoms with Crippen LogP contribution in [0.2, 0.25) is 0 Å². The number of allylic oxidation sites excluding steroid dienone is 6. The van der Waals surface area contributed by atoms with Crippen LogP contribution in [0.1, 0.15) is 24.3 Å². The fourth-order valence-electron chi connectivity index (χ4n) is 7.39. The second kappa shape index (κ2) is 10.6. The number of nitrogens with zero attached hydrogens (tertiary/aromatic N) is 2. The predicted molar refractivity (Wildman–Crippen MR) is 161 cm³/mol. The van der Waals surface area contributed by atoms with Gasteiger partial charge in [0, 0.05) is 53.5 Å². The molecule has 0 aromatic heterocycles. The lowest BCUT2D eigenvalue weighted by molar-refractivity contribution is -0.123. The zero-order valence-corrected chi connectivity index (χ0v) is 25.0. The molecule has 4 unspecified atom stereocenters. The molecule has 2 fully saturated rings. The molecule has 10 heteroatoms. The molecule has 0 saturated carbocycles. The SMILES string of the molecule is COc1cc(O)ccc1C1C2=CCC3C(=O)N(c4ccc(N5CCOCC5)cc4)C(=O)C3C2CC2=C1C(=O)C=C(Br)C2=O. The Kier molecular flexibility index (Phi) is 6.85. The van der Waals surface area contributed by atoms with Gasteiger partial charge in [0.05, 0.1) is 42.3 Å². The molecule has 0 spiro atoms. The molecule has 5 aliphatic rings. The number of amides is 2. The summed E-state index contributed by atoms with van der Waals surface area (Å²) in [4.78, 5) is 58.4. The molecule has 2 aromatic carbocycles. The first-order chi connectivity index (χ1) is 20.8. The van der Waals surface area contributed by atoms with Crippen molar-refractivity contribution in [3.63, 3.8) is 0 Å². The molecule has 9 nitrogen and oxygen atoms in total. The maximum atomic E-state index is 14.2. The third kappa shape index (κ3) is 4.38. The van der Waals surface area contributed by atoms with Crippen molar-refractivity contribution < 1.29 is 33.8 Å². The lowest BCUT2D eigenvalue weighted by Crippen LogP contribution is -2.39. The Balaban J connectivity index is 1.28. The Morgan fingerprint density at radius 3 is 2.40 bits per heavy atom. The van der Waals surface area contributed by atoms with E-state index < -0.39 is 23.7 Å². The van der Waals surface area contributed by atoms with Crippen molar-refractivity contribution >= 4 is 50.7 Å². The summed E-state index contributed by atoms with van der Waals surface area (Å²) in [5, 5.41) is 10.1. The molecule has 7 rings (SSSR count). The number of carbonyl (C=O) groups excluding carboxylic acids is 4. The summed E-state index contributed by atoms with van der Waals surface area (Å²) in [6, 6.07) is 12.1. The van der Waals surface area contributed by atoms with Crippen LogP contribution in [-0.2, 0) is 23.9 Å². The maximum Gasteiger partial charge on any atom is 0.238 e. The molecule has 43 heavy (non-hydrogen) atoms. The van der Waals surface area contributed by atoms with E-state index in [-0.39, 0.29) is 40.0 Å². The van der Waals surface area contributed by atoms with Crippen LogP contribution >= 0.6 is 15.9 Å². The maximum absolute atomic E-state index is 14.2. The van der Waals surface area contributed by atoms with Crippen molar-refractivity contribution in [2.24, 2.45) is 17.8 Å². The highest BCUT2D eigenvalue weighted by Gasteiger charge is 2.57. The highest BCUT2D eigenvalue weighted by atomic mass is 79.9. The van der Waals surface area contributed by atoms with Crippen LogP contribution in [0.25, 0.3) is 0 Å². The van der Waals surface area contributed by atoms with Gasteiger partial charge < -0.3 is 19.5 Å². The zero-order chi connectivity index (χ0) is 30.0. The van der Waals surface area contributed by atoms with Gasteiger partial charge in [-0.05, 0) is 65.0 Å². The van der Waals surface area contributed by atoms with Gasteiger partial charge in [-0.15, -0.1) is 0 Å². The minimum Gasteiger partial charge on any atom is -0.508 e. The van der Waals surface area contributed by atoms with Gasteiger partial charge in [-0.2, -0.15) is 0 Å². The first-order valence-corrected chi connectivity index (χ1v) is 15.1. The van der Waals surface area contributed by atoms with E-state index >= 15 is 0 Å². The van der Waals surface area contributed by atoms with Crippen LogP contribution in [0.4, 0.5) is 11.4 Å². The molecule has 2 aromatic rings. The molecule has 1 N–H and O–H groups in total. The fraction of sp³-hybridized carbons (Fsp3) is 0.333. The monoisotopic (exact) mass is 644 g/mol. The summed E-state index contributed by atoms with van der Waals surface area (Å²) >= 11 is 3.25. The summed E-state index contributed by atoms with van der Waals surface area (Å²) in [5.41, 5.74) is 3.65. The van der Waals surface area contributed by atoms with Crippen LogP contribution in [0.15, 0.2) is 75.8 Å². The average molecular weight is 646 g/mol. The number of benzene rings is 2. The number of hydrogen-bond donors (Lipinski definition) is 1. The summed E-state index contributed by atoms with van der Waals surface area (Å²) in [6.45, 7) is 2.86. The predicted octanol–water partition coefficient (Wildman–Crippen LogP) is 4.20. The van der Waals surface area contributed by atoms with Gasteiger partial charge in [0.2, 0.25) is 11.8 Å². The van der Waals surface area contributed by atoms with Gasteiger partial charge in [0.15, 0.2) is 11.6 Å². The molecular weight excluding hydrogens is 616 g/mol. The largest absolute Gasteiger partial charge is 0.508 e. The molecule has 2 saturated heterocycles. The van der Waals surface area contributed by atoms with E-state index in [1.54, 1.807) is 6.07 Å². The number of ketones is 2. The molecule has 0 radical (unpaired) electrons. The average Bonchev–Trinajstić information content (AvgIpc) is 3.28. The second-order valence-electron chi connectivity index (χ2n) is 11.4. The Morgan fingerprint density at radius 2 is 1.67 bits per heavy atom. The summed E-state index contributed by atoms with van der Waals surface area (Å²) in [6.07, 6.45) is 3.77. The summed E-state index contributed by atoms with van der Waals surface area (Å²) in [7, 11) is 1.48. The van der Waals surface area contributed by atoms with Crippen LogP contribution in [0, 0.1) is 17.8 Å². The molecule has 220 valence electrons. The minimum atomic E-state index is -0.682. The van der Waals surface area contributed by atoms with E-state index in [2.05, 4.69) is 20.8 Å². The highest BCUT2D eigenvalue weighted by molar-refractivity contribution is 9.12. The molecule has 2 amide bonds. The Bertz CT molecular complexity index is 1670. The van der Waals surface area contributed by atoms with E-state index in [9.17, 15) is 24.3 Å². The number of fused-ring (bicyclic) bond motifs is 3. The molecule has 4 atom stereocenters. The topological polar surface area (TPSA) is 113 Å². The van der Waals surface area contributed by atoms with E-state index in [1.807, 2.05) is 30.3 Å². The molecule has 2 aliphatic heterocycles. The Morgan fingerprint density at radius 1 is 0.953 bits per heavy atom. The van der Waals surface area contributed by atoms with Gasteiger partial charge in [0.25, 0.3) is 0 Å². The fourth-order valence-corrected chi connectivity index (χ4v) is 7.84.